The summed E-state index contributed by atoms with van der Waals surface area (Å²) in [6, 6.07) is 0. The highest BCUT2D eigenvalue weighted by Crippen LogP contribution is 2.66. The number of rotatable bonds is 2. The van der Waals surface area contributed by atoms with Crippen molar-refractivity contribution in [3.05, 3.63) is 0 Å². The molecule has 4 saturated carbocycles. The zero-order valence-electron chi connectivity index (χ0n) is 15.6. The molecule has 4 aliphatic carbocycles. The van der Waals surface area contributed by atoms with E-state index in [-0.39, 0.29) is 5.41 Å². The lowest BCUT2D eigenvalue weighted by Crippen LogP contribution is -2.53. The van der Waals surface area contributed by atoms with Gasteiger partial charge in [-0.3, -0.25) is 4.79 Å². The molecule has 0 bridgehead atoms. The fourth-order valence-corrected chi connectivity index (χ4v) is 7.79. The summed E-state index contributed by atoms with van der Waals surface area (Å²) in [7, 11) is 0. The van der Waals surface area contributed by atoms with Gasteiger partial charge in [0.15, 0.2) is 0 Å². The number of carbonyl (C=O) groups excluding carboxylic acids is 1. The van der Waals surface area contributed by atoms with Gasteiger partial charge in [-0.05, 0) is 86.4 Å². The summed E-state index contributed by atoms with van der Waals surface area (Å²) in [5.41, 5.74) is 0.657. The smallest absolute Gasteiger partial charge is 0.139 e. The van der Waals surface area contributed by atoms with Crippen LogP contribution in [0.15, 0.2) is 0 Å². The Morgan fingerprint density at radius 1 is 1.00 bits per heavy atom. The van der Waals surface area contributed by atoms with Crippen LogP contribution in [-0.2, 0) is 4.79 Å². The minimum Gasteiger partial charge on any atom is -0.299 e. The van der Waals surface area contributed by atoms with Crippen LogP contribution in [0.25, 0.3) is 0 Å². The molecule has 23 heavy (non-hydrogen) atoms. The van der Waals surface area contributed by atoms with Crippen molar-refractivity contribution in [1.29, 1.82) is 0 Å². The first kappa shape index (κ1) is 16.2. The second kappa shape index (κ2) is 5.60. The molecule has 0 radical (unpaired) electrons. The Bertz CT molecular complexity index is 482. The molecule has 1 nitrogen and oxygen atoms in total. The predicted octanol–water partition coefficient (Wildman–Crippen LogP) is 6.01. The molecule has 1 heteroatoms. The summed E-state index contributed by atoms with van der Waals surface area (Å²) in [4.78, 5) is 12.5. The summed E-state index contributed by atoms with van der Waals surface area (Å²) in [5.74, 6) is 5.10. The van der Waals surface area contributed by atoms with Crippen molar-refractivity contribution < 1.29 is 4.79 Å². The van der Waals surface area contributed by atoms with Gasteiger partial charge in [-0.15, -0.1) is 0 Å². The van der Waals surface area contributed by atoms with Gasteiger partial charge in [-0.2, -0.15) is 0 Å². The predicted molar refractivity (Wildman–Crippen MR) is 95.1 cm³/mol. The molecule has 4 fully saturated rings. The van der Waals surface area contributed by atoms with Crippen LogP contribution in [0.5, 0.6) is 0 Å². The van der Waals surface area contributed by atoms with Crippen LogP contribution in [-0.4, -0.2) is 5.78 Å². The van der Waals surface area contributed by atoms with Crippen molar-refractivity contribution in [2.24, 2.45) is 40.4 Å². The Kier molecular flexibility index (Phi) is 3.93. The zero-order valence-corrected chi connectivity index (χ0v) is 15.6. The van der Waals surface area contributed by atoms with Crippen LogP contribution in [0.2, 0.25) is 0 Å². The van der Waals surface area contributed by atoms with Crippen molar-refractivity contribution in [2.45, 2.75) is 91.4 Å². The molecule has 0 amide bonds. The Morgan fingerprint density at radius 3 is 2.61 bits per heavy atom. The molecular weight excluding hydrogens is 280 g/mol. The standard InChI is InChI=1S/C22H36O/c1-4-5-15-10-12-21(2)16(14-15)6-7-17-18-8-9-20(23)22(18,3)13-11-19(17)21/h15-19H,4-14H2,1-3H3/t15?,16?,17-,18-,19+,21-,22-/m0/s1. The van der Waals surface area contributed by atoms with Crippen molar-refractivity contribution in [3.8, 4) is 0 Å². The molecule has 0 heterocycles. The summed E-state index contributed by atoms with van der Waals surface area (Å²) >= 11 is 0. The summed E-state index contributed by atoms with van der Waals surface area (Å²) in [5, 5.41) is 0. The van der Waals surface area contributed by atoms with E-state index < -0.39 is 0 Å². The highest BCUT2D eigenvalue weighted by atomic mass is 16.1. The number of hydrogen-bond acceptors (Lipinski definition) is 1. The molecule has 0 spiro atoms. The third-order valence-electron chi connectivity index (χ3n) is 9.18. The maximum atomic E-state index is 12.5. The molecule has 0 aromatic rings. The Morgan fingerprint density at radius 2 is 1.83 bits per heavy atom. The van der Waals surface area contributed by atoms with Crippen LogP contribution < -0.4 is 0 Å². The lowest BCUT2D eigenvalue weighted by Gasteiger charge is -2.60. The lowest BCUT2D eigenvalue weighted by atomic mass is 9.44. The first-order valence-corrected chi connectivity index (χ1v) is 10.5. The normalized spacial score (nSPS) is 52.7. The molecule has 0 N–H and O–H groups in total. The molecule has 0 aliphatic heterocycles. The number of hydrogen-bond donors (Lipinski definition) is 0. The van der Waals surface area contributed by atoms with Gasteiger partial charge in [0, 0.05) is 11.8 Å². The van der Waals surface area contributed by atoms with E-state index in [2.05, 4.69) is 20.8 Å². The van der Waals surface area contributed by atoms with Gasteiger partial charge in [-0.1, -0.05) is 33.6 Å². The monoisotopic (exact) mass is 316 g/mol. The topological polar surface area (TPSA) is 17.1 Å². The van der Waals surface area contributed by atoms with E-state index in [1.165, 1.54) is 64.2 Å². The average Bonchev–Trinajstić information content (AvgIpc) is 2.84. The van der Waals surface area contributed by atoms with E-state index >= 15 is 0 Å². The molecule has 0 aromatic carbocycles. The highest BCUT2D eigenvalue weighted by Gasteiger charge is 2.60. The maximum absolute atomic E-state index is 12.5. The van der Waals surface area contributed by atoms with Gasteiger partial charge in [0.25, 0.3) is 0 Å². The third kappa shape index (κ3) is 2.28. The quantitative estimate of drug-likeness (QED) is 0.609. The minimum atomic E-state index is 0.0593. The van der Waals surface area contributed by atoms with E-state index in [9.17, 15) is 4.79 Å². The first-order valence-electron chi connectivity index (χ1n) is 10.5. The van der Waals surface area contributed by atoms with Crippen molar-refractivity contribution in [3.63, 3.8) is 0 Å². The molecule has 7 atom stereocenters. The largest absolute Gasteiger partial charge is 0.299 e. The summed E-state index contributed by atoms with van der Waals surface area (Å²) in [6.45, 7) is 7.32. The fourth-order valence-electron chi connectivity index (χ4n) is 7.79. The molecular formula is C22H36O. The minimum absolute atomic E-state index is 0.0593. The number of Topliss-reactive ketones (excluding diaryl/α,β-unsaturated/α-hetero) is 1. The van der Waals surface area contributed by atoms with Crippen molar-refractivity contribution in [2.75, 3.05) is 0 Å². The van der Waals surface area contributed by atoms with Crippen LogP contribution in [0.3, 0.4) is 0 Å². The van der Waals surface area contributed by atoms with E-state index in [4.69, 9.17) is 0 Å². The third-order valence-corrected chi connectivity index (χ3v) is 9.18. The van der Waals surface area contributed by atoms with Gasteiger partial charge in [0.1, 0.15) is 5.78 Å². The van der Waals surface area contributed by atoms with Crippen LogP contribution in [0, 0.1) is 40.4 Å². The number of ketones is 1. The van der Waals surface area contributed by atoms with E-state index in [0.717, 1.165) is 36.0 Å². The van der Waals surface area contributed by atoms with Gasteiger partial charge < -0.3 is 0 Å². The van der Waals surface area contributed by atoms with Crippen LogP contribution in [0.1, 0.15) is 91.4 Å². The Balaban J connectivity index is 1.56. The molecule has 0 aromatic heterocycles. The van der Waals surface area contributed by atoms with E-state index in [1.807, 2.05) is 0 Å². The van der Waals surface area contributed by atoms with Gasteiger partial charge in [0.05, 0.1) is 0 Å². The molecule has 2 unspecified atom stereocenters. The zero-order chi connectivity index (χ0) is 16.2. The van der Waals surface area contributed by atoms with E-state index in [0.29, 0.717) is 11.2 Å². The second-order valence-corrected chi connectivity index (χ2v) is 10.0. The number of fused-ring (bicyclic) bond motifs is 5. The number of carbonyl (C=O) groups is 1. The maximum Gasteiger partial charge on any atom is 0.139 e. The Labute approximate surface area is 143 Å². The van der Waals surface area contributed by atoms with Crippen LogP contribution >= 0.6 is 0 Å². The molecule has 4 aliphatic rings. The van der Waals surface area contributed by atoms with Crippen molar-refractivity contribution >= 4 is 5.78 Å². The van der Waals surface area contributed by atoms with Crippen molar-refractivity contribution in [1.82, 2.24) is 0 Å². The van der Waals surface area contributed by atoms with Gasteiger partial charge in [-0.25, -0.2) is 0 Å². The highest BCUT2D eigenvalue weighted by molar-refractivity contribution is 5.87. The average molecular weight is 317 g/mol. The molecule has 130 valence electrons. The first-order chi connectivity index (χ1) is 11.0. The lowest BCUT2D eigenvalue weighted by molar-refractivity contribution is -0.140. The summed E-state index contributed by atoms with van der Waals surface area (Å²) < 4.78 is 0. The second-order valence-electron chi connectivity index (χ2n) is 10.0. The van der Waals surface area contributed by atoms with E-state index in [1.54, 1.807) is 0 Å². The summed E-state index contributed by atoms with van der Waals surface area (Å²) in [6.07, 6.45) is 14.8. The van der Waals surface area contributed by atoms with Gasteiger partial charge in [0.2, 0.25) is 0 Å². The molecule has 4 rings (SSSR count). The van der Waals surface area contributed by atoms with Gasteiger partial charge >= 0.3 is 0 Å². The SMILES string of the molecule is CCCC1CC[C@@]2(C)C(CC[C@@H]3[C@H]2CC[C@]2(C)C(=O)CC[C@@H]32)C1. The van der Waals surface area contributed by atoms with Crippen LogP contribution in [0.4, 0.5) is 0 Å². The Hall–Kier alpha value is -0.330. The fraction of sp³-hybridized carbons (Fsp3) is 0.955. The molecule has 0 saturated heterocycles.